The van der Waals surface area contributed by atoms with Gasteiger partial charge in [0.25, 0.3) is 0 Å². The van der Waals surface area contributed by atoms with Crippen LogP contribution in [0.25, 0.3) is 0 Å². The molecule has 0 radical (unpaired) electrons. The molecule has 0 aliphatic heterocycles. The van der Waals surface area contributed by atoms with Gasteiger partial charge in [-0.3, -0.25) is 4.79 Å². The molecule has 0 amide bonds. The smallest absolute Gasteiger partial charge is 0.326 e. The number of carbonyl (C=O) groups excluding carboxylic acids is 1. The average Bonchev–Trinajstić information content (AvgIpc) is 2.64. The molecule has 94 valence electrons. The first-order valence-corrected chi connectivity index (χ1v) is 7.27. The third-order valence-corrected chi connectivity index (χ3v) is 4.26. The predicted molar refractivity (Wildman–Crippen MR) is 68.8 cm³/mol. The van der Waals surface area contributed by atoms with Crippen LogP contribution in [0.3, 0.4) is 0 Å². The van der Waals surface area contributed by atoms with Gasteiger partial charge in [0.05, 0.1) is 6.61 Å². The van der Waals surface area contributed by atoms with E-state index in [-0.39, 0.29) is 5.97 Å². The van der Waals surface area contributed by atoms with Crippen LogP contribution in [-0.2, 0) is 9.53 Å². The Morgan fingerprint density at radius 3 is 2.81 bits per heavy atom. The van der Waals surface area contributed by atoms with E-state index in [4.69, 9.17) is 4.74 Å². The fraction of sp³-hybridized carbons (Fsp3) is 0.917. The third kappa shape index (κ3) is 3.14. The van der Waals surface area contributed by atoms with Crippen LogP contribution in [-0.4, -0.2) is 35.7 Å². The van der Waals surface area contributed by atoms with Crippen LogP contribution in [0, 0.1) is 0 Å². The normalized spacial score (nSPS) is 29.3. The van der Waals surface area contributed by atoms with Crippen molar-refractivity contribution in [3.63, 3.8) is 0 Å². The maximum absolute atomic E-state index is 12.0. The summed E-state index contributed by atoms with van der Waals surface area (Å²) in [5.74, 6) is 1.06. The molecule has 0 heterocycles. The van der Waals surface area contributed by atoms with Crippen LogP contribution in [0.5, 0.6) is 0 Å². The van der Waals surface area contributed by atoms with Crippen molar-refractivity contribution in [1.82, 2.24) is 5.32 Å². The van der Waals surface area contributed by atoms with Gasteiger partial charge in [-0.2, -0.15) is 11.8 Å². The number of hydrogen-bond acceptors (Lipinski definition) is 4. The fourth-order valence-electron chi connectivity index (χ4n) is 2.40. The molecule has 1 saturated carbocycles. The predicted octanol–water partition coefficient (Wildman–Crippen LogP) is 2.20. The van der Waals surface area contributed by atoms with Gasteiger partial charge in [-0.15, -0.1) is 0 Å². The highest BCUT2D eigenvalue weighted by Gasteiger charge is 2.45. The maximum atomic E-state index is 12.0. The summed E-state index contributed by atoms with van der Waals surface area (Å²) in [4.78, 5) is 12.0. The van der Waals surface area contributed by atoms with Gasteiger partial charge >= 0.3 is 5.97 Å². The quantitative estimate of drug-likeness (QED) is 0.728. The van der Waals surface area contributed by atoms with Gasteiger partial charge in [-0.25, -0.2) is 0 Å². The summed E-state index contributed by atoms with van der Waals surface area (Å²) < 4.78 is 5.20. The lowest BCUT2D eigenvalue weighted by molar-refractivity contribution is -0.151. The number of carbonyl (C=O) groups is 1. The van der Waals surface area contributed by atoms with Crippen molar-refractivity contribution >= 4 is 17.7 Å². The van der Waals surface area contributed by atoms with E-state index in [0.717, 1.165) is 31.6 Å². The van der Waals surface area contributed by atoms with Gasteiger partial charge in [0.15, 0.2) is 0 Å². The molecule has 0 aromatic rings. The van der Waals surface area contributed by atoms with Crippen molar-refractivity contribution < 1.29 is 9.53 Å². The van der Waals surface area contributed by atoms with Crippen LogP contribution >= 0.6 is 11.8 Å². The second-order valence-corrected chi connectivity index (χ2v) is 5.73. The van der Waals surface area contributed by atoms with Crippen LogP contribution < -0.4 is 5.32 Å². The van der Waals surface area contributed by atoms with Crippen molar-refractivity contribution in [3.8, 4) is 0 Å². The van der Waals surface area contributed by atoms with Gasteiger partial charge < -0.3 is 10.1 Å². The molecule has 2 atom stereocenters. The number of likely N-dealkylation sites (N-methyl/N-ethyl adjacent to an activating group) is 1. The molecule has 1 fully saturated rings. The van der Waals surface area contributed by atoms with Crippen LogP contribution in [0.1, 0.15) is 40.0 Å². The van der Waals surface area contributed by atoms with E-state index in [9.17, 15) is 4.79 Å². The molecule has 16 heavy (non-hydrogen) atoms. The second kappa shape index (κ2) is 6.50. The van der Waals surface area contributed by atoms with E-state index in [1.807, 2.05) is 25.6 Å². The summed E-state index contributed by atoms with van der Waals surface area (Å²) in [6.45, 7) is 7.37. The number of nitrogens with one attached hydrogen (secondary N) is 1. The Morgan fingerprint density at radius 2 is 2.25 bits per heavy atom. The zero-order valence-corrected chi connectivity index (χ0v) is 11.4. The number of hydrogen-bond donors (Lipinski definition) is 1. The molecular weight excluding hydrogens is 222 g/mol. The van der Waals surface area contributed by atoms with E-state index in [0.29, 0.717) is 11.9 Å². The Labute approximate surface area is 103 Å². The van der Waals surface area contributed by atoms with Crippen LogP contribution in [0.15, 0.2) is 0 Å². The summed E-state index contributed by atoms with van der Waals surface area (Å²) in [6.07, 6.45) is 2.94. The van der Waals surface area contributed by atoms with Crippen molar-refractivity contribution in [2.75, 3.05) is 18.9 Å². The molecule has 0 bridgehead atoms. The van der Waals surface area contributed by atoms with E-state index >= 15 is 0 Å². The molecule has 0 saturated heterocycles. The highest BCUT2D eigenvalue weighted by atomic mass is 32.2. The molecule has 0 aromatic carbocycles. The largest absolute Gasteiger partial charge is 0.465 e. The lowest BCUT2D eigenvalue weighted by Crippen LogP contribution is -2.51. The lowest BCUT2D eigenvalue weighted by atomic mass is 9.98. The first-order valence-electron chi connectivity index (χ1n) is 6.22. The topological polar surface area (TPSA) is 38.3 Å². The lowest BCUT2D eigenvalue weighted by Gasteiger charge is -2.27. The summed E-state index contributed by atoms with van der Waals surface area (Å²) >= 11 is 1.95. The highest BCUT2D eigenvalue weighted by molar-refractivity contribution is 7.99. The summed E-state index contributed by atoms with van der Waals surface area (Å²) in [7, 11) is 0. The Kier molecular flexibility index (Phi) is 5.62. The zero-order chi connectivity index (χ0) is 12.0. The minimum atomic E-state index is -0.405. The standard InChI is InChI=1S/C12H23NO2S/c1-4-13-12(11(14)15-5-2)8-7-10(9-12)16-6-3/h10,13H,4-9H2,1-3H3. The molecule has 0 aromatic heterocycles. The Bertz CT molecular complexity index is 235. The molecule has 1 aliphatic carbocycles. The first kappa shape index (κ1) is 13.8. The Balaban J connectivity index is 2.64. The molecule has 1 aliphatic rings. The number of rotatable bonds is 6. The highest BCUT2D eigenvalue weighted by Crippen LogP contribution is 2.37. The fourth-order valence-corrected chi connectivity index (χ4v) is 3.56. The molecule has 0 spiro atoms. The van der Waals surface area contributed by atoms with E-state index < -0.39 is 5.54 Å². The minimum absolute atomic E-state index is 0.0592. The zero-order valence-electron chi connectivity index (χ0n) is 10.5. The molecule has 1 rings (SSSR count). The van der Waals surface area contributed by atoms with Gasteiger partial charge in [0.2, 0.25) is 0 Å². The minimum Gasteiger partial charge on any atom is -0.465 e. The summed E-state index contributed by atoms with van der Waals surface area (Å²) in [5.41, 5.74) is -0.405. The van der Waals surface area contributed by atoms with E-state index in [1.54, 1.807) is 0 Å². The number of ether oxygens (including phenoxy) is 1. The second-order valence-electron chi connectivity index (χ2n) is 4.15. The van der Waals surface area contributed by atoms with Crippen molar-refractivity contribution in [2.45, 2.75) is 50.8 Å². The van der Waals surface area contributed by atoms with Crippen LogP contribution in [0.2, 0.25) is 0 Å². The van der Waals surface area contributed by atoms with Crippen molar-refractivity contribution in [1.29, 1.82) is 0 Å². The summed E-state index contributed by atoms with van der Waals surface area (Å²) in [5, 5.41) is 3.95. The van der Waals surface area contributed by atoms with E-state index in [1.165, 1.54) is 0 Å². The Hall–Kier alpha value is -0.220. The van der Waals surface area contributed by atoms with Gasteiger partial charge in [-0.05, 0) is 38.5 Å². The third-order valence-electron chi connectivity index (χ3n) is 3.05. The number of esters is 1. The van der Waals surface area contributed by atoms with Gasteiger partial charge in [0.1, 0.15) is 5.54 Å². The summed E-state index contributed by atoms with van der Waals surface area (Å²) in [6, 6.07) is 0. The van der Waals surface area contributed by atoms with Crippen molar-refractivity contribution in [2.24, 2.45) is 0 Å². The number of thioether (sulfide) groups is 1. The molecule has 1 N–H and O–H groups in total. The molecule has 4 heteroatoms. The maximum Gasteiger partial charge on any atom is 0.326 e. The average molecular weight is 245 g/mol. The van der Waals surface area contributed by atoms with Gasteiger partial charge in [0, 0.05) is 5.25 Å². The van der Waals surface area contributed by atoms with Crippen LogP contribution in [0.4, 0.5) is 0 Å². The first-order chi connectivity index (χ1) is 7.68. The SMILES string of the molecule is CCNC1(C(=O)OCC)CCC(SCC)C1. The molecule has 3 nitrogen and oxygen atoms in total. The van der Waals surface area contributed by atoms with Gasteiger partial charge in [-0.1, -0.05) is 13.8 Å². The van der Waals surface area contributed by atoms with Crippen molar-refractivity contribution in [3.05, 3.63) is 0 Å². The van der Waals surface area contributed by atoms with E-state index in [2.05, 4.69) is 12.2 Å². The monoisotopic (exact) mass is 245 g/mol. The molecular formula is C12H23NO2S. The Morgan fingerprint density at radius 1 is 1.50 bits per heavy atom. The molecule has 2 unspecified atom stereocenters.